The Morgan fingerprint density at radius 2 is 1.90 bits per heavy atom. The van der Waals surface area contributed by atoms with Crippen molar-refractivity contribution in [2.45, 2.75) is 4.90 Å². The van der Waals surface area contributed by atoms with Crippen LogP contribution in [0.4, 0.5) is 8.78 Å². The highest BCUT2D eigenvalue weighted by molar-refractivity contribution is 7.89. The maximum absolute atomic E-state index is 13.6. The number of aromatic carboxylic acids is 1. The Labute approximate surface area is 118 Å². The molecule has 0 heterocycles. The molecule has 7 nitrogen and oxygen atoms in total. The van der Waals surface area contributed by atoms with Crippen LogP contribution in [-0.4, -0.2) is 50.5 Å². The lowest BCUT2D eigenvalue weighted by Crippen LogP contribution is -2.33. The molecule has 0 unspecified atom stereocenters. The van der Waals surface area contributed by atoms with Gasteiger partial charge in [0.2, 0.25) is 10.0 Å². The molecule has 0 saturated heterocycles. The van der Waals surface area contributed by atoms with E-state index in [2.05, 4.69) is 4.74 Å². The van der Waals surface area contributed by atoms with E-state index in [1.165, 1.54) is 0 Å². The molecule has 0 radical (unpaired) electrons. The van der Waals surface area contributed by atoms with Gasteiger partial charge in [-0.15, -0.1) is 0 Å². The van der Waals surface area contributed by atoms with Crippen molar-refractivity contribution < 1.29 is 36.6 Å². The number of esters is 1. The molecule has 21 heavy (non-hydrogen) atoms. The molecule has 1 aromatic carbocycles. The monoisotopic (exact) mass is 323 g/mol. The molecule has 0 bridgehead atoms. The van der Waals surface area contributed by atoms with Gasteiger partial charge in [0, 0.05) is 7.05 Å². The van der Waals surface area contributed by atoms with E-state index in [0.717, 1.165) is 14.2 Å². The first-order valence-corrected chi connectivity index (χ1v) is 6.80. The normalized spacial score (nSPS) is 11.5. The van der Waals surface area contributed by atoms with Gasteiger partial charge in [-0.25, -0.2) is 22.0 Å². The number of carboxylic acid groups (broad SMARTS) is 1. The Morgan fingerprint density at radius 3 is 2.38 bits per heavy atom. The first-order chi connectivity index (χ1) is 9.61. The van der Waals surface area contributed by atoms with Crippen molar-refractivity contribution >= 4 is 22.0 Å². The van der Waals surface area contributed by atoms with E-state index in [1.807, 2.05) is 0 Å². The van der Waals surface area contributed by atoms with Crippen LogP contribution in [0.1, 0.15) is 10.4 Å². The summed E-state index contributed by atoms with van der Waals surface area (Å²) >= 11 is 0. The number of rotatable bonds is 5. The number of benzene rings is 1. The van der Waals surface area contributed by atoms with E-state index in [0.29, 0.717) is 16.4 Å². The second-order valence-electron chi connectivity index (χ2n) is 3.91. The molecule has 0 atom stereocenters. The number of hydrogen-bond acceptors (Lipinski definition) is 5. The Balaban J connectivity index is 3.37. The van der Waals surface area contributed by atoms with Gasteiger partial charge in [0.25, 0.3) is 0 Å². The van der Waals surface area contributed by atoms with Crippen LogP contribution in [0.3, 0.4) is 0 Å². The van der Waals surface area contributed by atoms with Gasteiger partial charge in [0.05, 0.1) is 12.7 Å². The summed E-state index contributed by atoms with van der Waals surface area (Å²) in [6.45, 7) is -0.739. The number of methoxy groups -OCH3 is 1. The SMILES string of the molecule is COC(=O)CN(C)S(=O)(=O)c1cc(C(=O)O)cc(F)c1F. The Kier molecular flexibility index (Phi) is 4.97. The van der Waals surface area contributed by atoms with E-state index >= 15 is 0 Å². The zero-order valence-electron chi connectivity index (χ0n) is 11.0. The number of hydrogen-bond donors (Lipinski definition) is 1. The third-order valence-electron chi connectivity index (χ3n) is 2.51. The molecule has 0 fully saturated rings. The van der Waals surface area contributed by atoms with E-state index < -0.39 is 50.6 Å². The summed E-state index contributed by atoms with van der Waals surface area (Å²) < 4.78 is 55.7. The average Bonchev–Trinajstić information content (AvgIpc) is 2.40. The number of likely N-dealkylation sites (N-methyl/N-ethyl adjacent to an activating group) is 1. The Morgan fingerprint density at radius 1 is 1.33 bits per heavy atom. The van der Waals surface area contributed by atoms with Gasteiger partial charge in [0.1, 0.15) is 11.4 Å². The minimum Gasteiger partial charge on any atom is -0.478 e. The topological polar surface area (TPSA) is 101 Å². The van der Waals surface area contributed by atoms with Gasteiger partial charge in [-0.2, -0.15) is 4.31 Å². The molecule has 0 spiro atoms. The highest BCUT2D eigenvalue weighted by Gasteiger charge is 2.29. The van der Waals surface area contributed by atoms with Crippen molar-refractivity contribution in [2.24, 2.45) is 0 Å². The highest BCUT2D eigenvalue weighted by atomic mass is 32.2. The molecule has 10 heteroatoms. The van der Waals surface area contributed by atoms with Crippen molar-refractivity contribution in [3.05, 3.63) is 29.3 Å². The van der Waals surface area contributed by atoms with Crippen LogP contribution in [0, 0.1) is 11.6 Å². The van der Waals surface area contributed by atoms with Crippen LogP contribution < -0.4 is 0 Å². The molecule has 1 rings (SSSR count). The highest BCUT2D eigenvalue weighted by Crippen LogP contribution is 2.22. The second kappa shape index (κ2) is 6.14. The average molecular weight is 323 g/mol. The van der Waals surface area contributed by atoms with Crippen LogP contribution in [-0.2, 0) is 19.6 Å². The minimum absolute atomic E-state index is 0.358. The number of ether oxygens (including phenoxy) is 1. The van der Waals surface area contributed by atoms with Gasteiger partial charge >= 0.3 is 11.9 Å². The predicted molar refractivity (Wildman–Crippen MR) is 65.1 cm³/mol. The van der Waals surface area contributed by atoms with Crippen molar-refractivity contribution in [2.75, 3.05) is 20.7 Å². The smallest absolute Gasteiger partial charge is 0.335 e. The number of carboxylic acids is 1. The maximum Gasteiger partial charge on any atom is 0.335 e. The fourth-order valence-electron chi connectivity index (χ4n) is 1.37. The number of carbonyl (C=O) groups excluding carboxylic acids is 1. The Bertz CT molecular complexity index is 688. The Hall–Kier alpha value is -2.07. The third-order valence-corrected chi connectivity index (χ3v) is 4.31. The van der Waals surface area contributed by atoms with Crippen molar-refractivity contribution in [3.63, 3.8) is 0 Å². The number of nitrogens with zero attached hydrogens (tertiary/aromatic N) is 1. The van der Waals surface area contributed by atoms with Crippen molar-refractivity contribution in [1.29, 1.82) is 0 Å². The lowest BCUT2D eigenvalue weighted by Gasteiger charge is -2.16. The third kappa shape index (κ3) is 3.52. The fourth-order valence-corrected chi connectivity index (χ4v) is 2.59. The van der Waals surface area contributed by atoms with Gasteiger partial charge in [-0.1, -0.05) is 0 Å². The number of halogens is 2. The predicted octanol–water partition coefficient (Wildman–Crippen LogP) is 0.457. The minimum atomic E-state index is -4.60. The van der Waals surface area contributed by atoms with Crippen LogP contribution in [0.25, 0.3) is 0 Å². The molecule has 116 valence electrons. The standard InChI is InChI=1S/C11H11F2NO6S/c1-14(5-9(15)20-2)21(18,19)8-4-6(11(16)17)3-7(12)10(8)13/h3-4H,5H2,1-2H3,(H,16,17). The van der Waals surface area contributed by atoms with E-state index in [-0.39, 0.29) is 0 Å². The van der Waals surface area contributed by atoms with Crippen molar-refractivity contribution in [3.8, 4) is 0 Å². The summed E-state index contributed by atoms with van der Waals surface area (Å²) in [7, 11) is -2.64. The summed E-state index contributed by atoms with van der Waals surface area (Å²) in [6.07, 6.45) is 0. The molecule has 0 aromatic heterocycles. The molecule has 0 amide bonds. The summed E-state index contributed by atoms with van der Waals surface area (Å²) in [5.41, 5.74) is -0.737. The van der Waals surface area contributed by atoms with Crippen molar-refractivity contribution in [1.82, 2.24) is 4.31 Å². The molecule has 1 N–H and O–H groups in total. The quantitative estimate of drug-likeness (QED) is 0.790. The van der Waals surface area contributed by atoms with E-state index in [1.54, 1.807) is 0 Å². The molecular formula is C11H11F2NO6S. The van der Waals surface area contributed by atoms with Crippen LogP contribution in [0.15, 0.2) is 17.0 Å². The largest absolute Gasteiger partial charge is 0.478 e. The summed E-state index contributed by atoms with van der Waals surface area (Å²) in [5, 5.41) is 8.74. The van der Waals surface area contributed by atoms with E-state index in [4.69, 9.17) is 5.11 Å². The molecule has 0 aliphatic rings. The molecule has 0 aliphatic heterocycles. The zero-order valence-corrected chi connectivity index (χ0v) is 11.8. The van der Waals surface area contributed by atoms with Gasteiger partial charge in [0.15, 0.2) is 11.6 Å². The lowest BCUT2D eigenvalue weighted by molar-refractivity contribution is -0.140. The zero-order chi connectivity index (χ0) is 16.4. The lowest BCUT2D eigenvalue weighted by atomic mass is 10.2. The molecular weight excluding hydrogens is 312 g/mol. The summed E-state index contributed by atoms with van der Waals surface area (Å²) in [4.78, 5) is 20.6. The van der Waals surface area contributed by atoms with Crippen LogP contribution in [0.2, 0.25) is 0 Å². The number of carbonyl (C=O) groups is 2. The van der Waals surface area contributed by atoms with Gasteiger partial charge in [-0.3, -0.25) is 4.79 Å². The van der Waals surface area contributed by atoms with E-state index in [9.17, 15) is 26.8 Å². The first-order valence-electron chi connectivity index (χ1n) is 5.36. The van der Waals surface area contributed by atoms with Crippen LogP contribution in [0.5, 0.6) is 0 Å². The maximum atomic E-state index is 13.6. The summed E-state index contributed by atoms with van der Waals surface area (Å²) in [5.74, 6) is -5.89. The molecule has 0 aliphatic carbocycles. The van der Waals surface area contributed by atoms with Gasteiger partial charge < -0.3 is 9.84 Å². The second-order valence-corrected chi connectivity index (χ2v) is 5.93. The fraction of sp³-hybridized carbons (Fsp3) is 0.273. The van der Waals surface area contributed by atoms with Crippen LogP contribution >= 0.6 is 0 Å². The van der Waals surface area contributed by atoms with Gasteiger partial charge in [-0.05, 0) is 12.1 Å². The first kappa shape index (κ1) is 17.0. The summed E-state index contributed by atoms with van der Waals surface area (Å²) in [6, 6.07) is 0.834. The number of sulfonamides is 1. The molecule has 1 aromatic rings. The molecule has 0 saturated carbocycles.